The molecule has 1 N–H and O–H groups in total. The van der Waals surface area contributed by atoms with Gasteiger partial charge in [0.1, 0.15) is 5.82 Å². The second-order valence-electron chi connectivity index (χ2n) is 5.59. The minimum atomic E-state index is -0.945. The maximum atomic E-state index is 10.8. The molecule has 1 aliphatic rings. The maximum absolute atomic E-state index is 10.8. The van der Waals surface area contributed by atoms with Crippen LogP contribution >= 0.6 is 0 Å². The van der Waals surface area contributed by atoms with Crippen LogP contribution in [0.25, 0.3) is 17.0 Å². The molecule has 1 fully saturated rings. The first-order valence-corrected chi connectivity index (χ1v) is 7.15. The van der Waals surface area contributed by atoms with Gasteiger partial charge in [-0.2, -0.15) is 0 Å². The summed E-state index contributed by atoms with van der Waals surface area (Å²) in [7, 11) is 2.02. The third-order valence-corrected chi connectivity index (χ3v) is 3.73. The second-order valence-corrected chi connectivity index (χ2v) is 5.59. The summed E-state index contributed by atoms with van der Waals surface area (Å²) in [6, 6.07) is 9.90. The predicted molar refractivity (Wildman–Crippen MR) is 84.4 cm³/mol. The Morgan fingerprint density at radius 1 is 1.43 bits per heavy atom. The Labute approximate surface area is 123 Å². The summed E-state index contributed by atoms with van der Waals surface area (Å²) in [5.74, 6) is 0.650. The van der Waals surface area contributed by atoms with E-state index in [1.807, 2.05) is 37.4 Å². The molecule has 1 aromatic carbocycles. The Balaban J connectivity index is 2.04. The largest absolute Gasteiger partial charge is 0.478 e. The van der Waals surface area contributed by atoms with Gasteiger partial charge in [0, 0.05) is 30.6 Å². The molecule has 0 aliphatic heterocycles. The van der Waals surface area contributed by atoms with Crippen molar-refractivity contribution in [2.24, 2.45) is 5.92 Å². The first-order valence-electron chi connectivity index (χ1n) is 7.15. The number of benzene rings is 1. The fourth-order valence-corrected chi connectivity index (χ4v) is 2.49. The number of aliphatic carboxylic acids is 1. The van der Waals surface area contributed by atoms with Crippen LogP contribution < -0.4 is 4.90 Å². The van der Waals surface area contributed by atoms with E-state index < -0.39 is 5.97 Å². The lowest BCUT2D eigenvalue weighted by Gasteiger charge is -2.20. The standard InChI is InChI=1S/C17H18N2O2/c1-19(11-12-6-7-12)17-14(8-9-16(20)21)10-13-4-2-3-5-15(13)18-17/h2-5,8-10,12H,6-7,11H2,1H3,(H,20,21)/b9-8+. The monoisotopic (exact) mass is 282 g/mol. The number of para-hydroxylation sites is 1. The van der Waals surface area contributed by atoms with Gasteiger partial charge in [-0.25, -0.2) is 9.78 Å². The van der Waals surface area contributed by atoms with Gasteiger partial charge < -0.3 is 10.0 Å². The van der Waals surface area contributed by atoms with Gasteiger partial charge >= 0.3 is 5.97 Å². The molecular formula is C17H18N2O2. The summed E-state index contributed by atoms with van der Waals surface area (Å²) < 4.78 is 0. The fraction of sp³-hybridized carbons (Fsp3) is 0.294. The number of nitrogens with zero attached hydrogens (tertiary/aromatic N) is 2. The molecule has 0 bridgehead atoms. The molecule has 21 heavy (non-hydrogen) atoms. The van der Waals surface area contributed by atoms with Crippen LogP contribution in [0.3, 0.4) is 0 Å². The van der Waals surface area contributed by atoms with Crippen LogP contribution in [-0.2, 0) is 4.79 Å². The number of rotatable bonds is 5. The SMILES string of the molecule is CN(CC1CC1)c1nc2ccccc2cc1/C=C/C(=O)O. The predicted octanol–water partition coefficient (Wildman–Crippen LogP) is 3.18. The van der Waals surface area contributed by atoms with Crippen LogP contribution in [0.15, 0.2) is 36.4 Å². The highest BCUT2D eigenvalue weighted by molar-refractivity contribution is 5.90. The van der Waals surface area contributed by atoms with E-state index in [4.69, 9.17) is 10.1 Å². The lowest BCUT2D eigenvalue weighted by Crippen LogP contribution is -2.22. The van der Waals surface area contributed by atoms with Crippen molar-refractivity contribution < 1.29 is 9.90 Å². The topological polar surface area (TPSA) is 53.4 Å². The van der Waals surface area contributed by atoms with Crippen LogP contribution in [0.2, 0.25) is 0 Å². The van der Waals surface area contributed by atoms with Crippen molar-refractivity contribution >= 4 is 28.8 Å². The van der Waals surface area contributed by atoms with Crippen LogP contribution in [0.1, 0.15) is 18.4 Å². The van der Waals surface area contributed by atoms with Gasteiger partial charge in [-0.05, 0) is 37.0 Å². The maximum Gasteiger partial charge on any atom is 0.328 e. The Hall–Kier alpha value is -2.36. The zero-order valence-electron chi connectivity index (χ0n) is 12.0. The van der Waals surface area contributed by atoms with Crippen molar-refractivity contribution in [1.29, 1.82) is 0 Å². The van der Waals surface area contributed by atoms with Crippen molar-refractivity contribution in [3.05, 3.63) is 42.0 Å². The molecular weight excluding hydrogens is 264 g/mol. The third kappa shape index (κ3) is 3.21. The average Bonchev–Trinajstić information content (AvgIpc) is 3.28. The lowest BCUT2D eigenvalue weighted by atomic mass is 10.1. The van der Waals surface area contributed by atoms with Crippen molar-refractivity contribution in [3.8, 4) is 0 Å². The number of hydrogen-bond donors (Lipinski definition) is 1. The summed E-state index contributed by atoms with van der Waals surface area (Å²) in [4.78, 5) is 17.6. The number of carboxylic acids is 1. The molecule has 2 aromatic rings. The molecule has 0 unspecified atom stereocenters. The minimum Gasteiger partial charge on any atom is -0.478 e. The molecule has 4 nitrogen and oxygen atoms in total. The van der Waals surface area contributed by atoms with E-state index >= 15 is 0 Å². The number of aromatic nitrogens is 1. The second kappa shape index (κ2) is 5.56. The zero-order valence-corrected chi connectivity index (χ0v) is 12.0. The molecule has 1 aliphatic carbocycles. The summed E-state index contributed by atoms with van der Waals surface area (Å²) in [6.07, 6.45) is 5.34. The zero-order chi connectivity index (χ0) is 14.8. The Morgan fingerprint density at radius 3 is 2.90 bits per heavy atom. The van der Waals surface area contributed by atoms with Gasteiger partial charge in [-0.15, -0.1) is 0 Å². The van der Waals surface area contributed by atoms with Crippen molar-refractivity contribution in [3.63, 3.8) is 0 Å². The smallest absolute Gasteiger partial charge is 0.328 e. The van der Waals surface area contributed by atoms with Crippen LogP contribution in [0, 0.1) is 5.92 Å². The number of hydrogen-bond acceptors (Lipinski definition) is 3. The summed E-state index contributed by atoms with van der Waals surface area (Å²) in [6.45, 7) is 0.971. The summed E-state index contributed by atoms with van der Waals surface area (Å²) in [5, 5.41) is 9.87. The van der Waals surface area contributed by atoms with Crippen molar-refractivity contribution in [1.82, 2.24) is 4.98 Å². The van der Waals surface area contributed by atoms with E-state index in [1.54, 1.807) is 6.08 Å². The van der Waals surface area contributed by atoms with Crippen LogP contribution in [-0.4, -0.2) is 29.7 Å². The minimum absolute atomic E-state index is 0.750. The Bertz CT molecular complexity index is 705. The molecule has 1 saturated carbocycles. The van der Waals surface area contributed by atoms with Crippen LogP contribution in [0.4, 0.5) is 5.82 Å². The number of pyridine rings is 1. The van der Waals surface area contributed by atoms with E-state index in [0.717, 1.165) is 34.7 Å². The molecule has 108 valence electrons. The summed E-state index contributed by atoms with van der Waals surface area (Å²) in [5.41, 5.74) is 1.78. The van der Waals surface area contributed by atoms with E-state index in [9.17, 15) is 4.79 Å². The Kier molecular flexibility index (Phi) is 3.60. The van der Waals surface area contributed by atoms with Gasteiger partial charge in [0.25, 0.3) is 0 Å². The van der Waals surface area contributed by atoms with E-state index in [0.29, 0.717) is 0 Å². The number of carbonyl (C=O) groups is 1. The van der Waals surface area contributed by atoms with E-state index in [-0.39, 0.29) is 0 Å². The quantitative estimate of drug-likeness (QED) is 0.856. The highest BCUT2D eigenvalue weighted by atomic mass is 16.4. The van der Waals surface area contributed by atoms with Gasteiger partial charge in [0.2, 0.25) is 0 Å². The number of anilines is 1. The molecule has 0 amide bonds. The van der Waals surface area contributed by atoms with Gasteiger partial charge in [-0.1, -0.05) is 18.2 Å². The molecule has 0 radical (unpaired) electrons. The number of fused-ring (bicyclic) bond motifs is 1. The first kappa shape index (κ1) is 13.6. The Morgan fingerprint density at radius 2 is 2.19 bits per heavy atom. The average molecular weight is 282 g/mol. The molecule has 4 heteroatoms. The first-order chi connectivity index (χ1) is 10.1. The lowest BCUT2D eigenvalue weighted by molar-refractivity contribution is -0.131. The van der Waals surface area contributed by atoms with Gasteiger partial charge in [0.15, 0.2) is 0 Å². The molecule has 1 heterocycles. The van der Waals surface area contributed by atoms with Crippen molar-refractivity contribution in [2.45, 2.75) is 12.8 Å². The molecule has 0 spiro atoms. The van der Waals surface area contributed by atoms with Crippen LogP contribution in [0.5, 0.6) is 0 Å². The van der Waals surface area contributed by atoms with E-state index in [2.05, 4.69) is 4.90 Å². The molecule has 3 rings (SSSR count). The highest BCUT2D eigenvalue weighted by Crippen LogP contribution is 2.32. The highest BCUT2D eigenvalue weighted by Gasteiger charge is 2.24. The van der Waals surface area contributed by atoms with Crippen molar-refractivity contribution in [2.75, 3.05) is 18.5 Å². The normalized spacial score (nSPS) is 14.7. The van der Waals surface area contributed by atoms with Gasteiger partial charge in [0.05, 0.1) is 5.52 Å². The third-order valence-electron chi connectivity index (χ3n) is 3.73. The summed E-state index contributed by atoms with van der Waals surface area (Å²) >= 11 is 0. The molecule has 0 saturated heterocycles. The van der Waals surface area contributed by atoms with Gasteiger partial charge in [-0.3, -0.25) is 0 Å². The fourth-order valence-electron chi connectivity index (χ4n) is 2.49. The molecule has 0 atom stereocenters. The molecule has 1 aromatic heterocycles. The number of carboxylic acid groups (broad SMARTS) is 1. The van der Waals surface area contributed by atoms with E-state index in [1.165, 1.54) is 18.9 Å².